The van der Waals surface area contributed by atoms with Crippen molar-refractivity contribution < 1.29 is 0 Å². The maximum Gasteiger partial charge on any atom is 0.183 e. The van der Waals surface area contributed by atoms with Crippen molar-refractivity contribution in [1.82, 2.24) is 20.5 Å². The molecule has 0 bridgehead atoms. The first kappa shape index (κ1) is 14.1. The van der Waals surface area contributed by atoms with Crippen LogP contribution in [0.4, 0.5) is 5.69 Å². The summed E-state index contributed by atoms with van der Waals surface area (Å²) < 4.78 is 0. The smallest absolute Gasteiger partial charge is 0.183 e. The standard InChI is InChI=1S/C16H23N5/c1-11(10-13-6-5-9-17-13)18-15-8-4-3-7-14(15)16-19-12(2)20-21-16/h3-4,7-8,11,13,17-18H,5-6,9-10H2,1-2H3,(H,19,20,21). The number of anilines is 1. The summed E-state index contributed by atoms with van der Waals surface area (Å²) in [6.07, 6.45) is 3.72. The minimum absolute atomic E-state index is 0.418. The van der Waals surface area contributed by atoms with E-state index in [0.717, 1.165) is 35.9 Å². The van der Waals surface area contributed by atoms with Crippen molar-refractivity contribution in [3.05, 3.63) is 30.1 Å². The Labute approximate surface area is 125 Å². The molecule has 0 spiro atoms. The number of para-hydroxylation sites is 1. The number of nitrogens with zero attached hydrogens (tertiary/aromatic N) is 2. The molecule has 1 aromatic carbocycles. The lowest BCUT2D eigenvalue weighted by atomic mass is 10.1. The number of aromatic nitrogens is 3. The Hall–Kier alpha value is -1.88. The molecule has 1 aromatic heterocycles. The number of aryl methyl sites for hydroxylation is 1. The van der Waals surface area contributed by atoms with E-state index >= 15 is 0 Å². The van der Waals surface area contributed by atoms with E-state index in [1.54, 1.807) is 0 Å². The first-order valence-corrected chi connectivity index (χ1v) is 7.70. The Morgan fingerprint density at radius 2 is 2.24 bits per heavy atom. The molecular formula is C16H23N5. The molecule has 112 valence electrons. The van der Waals surface area contributed by atoms with E-state index in [-0.39, 0.29) is 0 Å². The van der Waals surface area contributed by atoms with Gasteiger partial charge in [-0.1, -0.05) is 12.1 Å². The molecule has 3 N–H and O–H groups in total. The van der Waals surface area contributed by atoms with Gasteiger partial charge in [-0.25, -0.2) is 4.98 Å². The van der Waals surface area contributed by atoms with Crippen LogP contribution in [0.5, 0.6) is 0 Å². The number of aromatic amines is 1. The van der Waals surface area contributed by atoms with Crippen molar-refractivity contribution in [2.45, 2.75) is 45.2 Å². The molecule has 1 saturated heterocycles. The fourth-order valence-corrected chi connectivity index (χ4v) is 2.98. The van der Waals surface area contributed by atoms with Gasteiger partial charge < -0.3 is 10.6 Å². The van der Waals surface area contributed by atoms with Gasteiger partial charge in [0.1, 0.15) is 5.82 Å². The van der Waals surface area contributed by atoms with Gasteiger partial charge in [0.2, 0.25) is 0 Å². The Bertz CT molecular complexity index is 586. The second kappa shape index (κ2) is 6.26. The number of H-pyrrole nitrogens is 1. The predicted molar refractivity (Wildman–Crippen MR) is 85.3 cm³/mol. The summed E-state index contributed by atoms with van der Waals surface area (Å²) in [6.45, 7) is 5.31. The SMILES string of the molecule is Cc1nc(-c2ccccc2NC(C)CC2CCCN2)n[nH]1. The lowest BCUT2D eigenvalue weighted by Crippen LogP contribution is -2.29. The molecule has 1 fully saturated rings. The van der Waals surface area contributed by atoms with Gasteiger partial charge in [-0.15, -0.1) is 0 Å². The Kier molecular flexibility index (Phi) is 4.20. The van der Waals surface area contributed by atoms with E-state index in [1.807, 2.05) is 19.1 Å². The first-order valence-electron chi connectivity index (χ1n) is 7.70. The van der Waals surface area contributed by atoms with E-state index in [4.69, 9.17) is 0 Å². The van der Waals surface area contributed by atoms with E-state index in [0.29, 0.717) is 12.1 Å². The molecule has 5 heteroatoms. The molecule has 1 aliphatic rings. The quantitative estimate of drug-likeness (QED) is 0.790. The summed E-state index contributed by atoms with van der Waals surface area (Å²) in [5.74, 6) is 1.59. The fourth-order valence-electron chi connectivity index (χ4n) is 2.98. The molecule has 0 radical (unpaired) electrons. The normalized spacial score (nSPS) is 19.6. The third-order valence-electron chi connectivity index (χ3n) is 3.97. The van der Waals surface area contributed by atoms with Gasteiger partial charge in [0.25, 0.3) is 0 Å². The highest BCUT2D eigenvalue weighted by Crippen LogP contribution is 2.26. The Morgan fingerprint density at radius 1 is 1.38 bits per heavy atom. The molecule has 2 atom stereocenters. The highest BCUT2D eigenvalue weighted by atomic mass is 15.2. The van der Waals surface area contributed by atoms with Gasteiger partial charge in [0.15, 0.2) is 5.82 Å². The van der Waals surface area contributed by atoms with Crippen LogP contribution in [0.15, 0.2) is 24.3 Å². The lowest BCUT2D eigenvalue weighted by molar-refractivity contribution is 0.523. The third-order valence-corrected chi connectivity index (χ3v) is 3.97. The summed E-state index contributed by atoms with van der Waals surface area (Å²) in [6, 6.07) is 9.29. The average molecular weight is 285 g/mol. The maximum atomic E-state index is 4.43. The molecule has 5 nitrogen and oxygen atoms in total. The van der Waals surface area contributed by atoms with Crippen LogP contribution in [0.3, 0.4) is 0 Å². The molecule has 3 rings (SSSR count). The van der Waals surface area contributed by atoms with Gasteiger partial charge in [-0.2, -0.15) is 5.10 Å². The van der Waals surface area contributed by atoms with Crippen molar-refractivity contribution in [3.8, 4) is 11.4 Å². The minimum atomic E-state index is 0.418. The predicted octanol–water partition coefficient (Wildman–Crippen LogP) is 2.72. The molecule has 21 heavy (non-hydrogen) atoms. The van der Waals surface area contributed by atoms with Gasteiger partial charge >= 0.3 is 0 Å². The van der Waals surface area contributed by atoms with Crippen molar-refractivity contribution >= 4 is 5.69 Å². The van der Waals surface area contributed by atoms with E-state index in [9.17, 15) is 0 Å². The van der Waals surface area contributed by atoms with Gasteiger partial charge in [0, 0.05) is 23.3 Å². The average Bonchev–Trinajstić information content (AvgIpc) is 3.11. The summed E-state index contributed by atoms with van der Waals surface area (Å²) in [7, 11) is 0. The zero-order valence-electron chi connectivity index (χ0n) is 12.7. The van der Waals surface area contributed by atoms with Crippen molar-refractivity contribution in [2.75, 3.05) is 11.9 Å². The number of hydrogen-bond acceptors (Lipinski definition) is 4. The zero-order chi connectivity index (χ0) is 14.7. The Morgan fingerprint density at radius 3 is 2.95 bits per heavy atom. The highest BCUT2D eigenvalue weighted by molar-refractivity contribution is 5.73. The van der Waals surface area contributed by atoms with Crippen LogP contribution in [0.2, 0.25) is 0 Å². The summed E-state index contributed by atoms with van der Waals surface area (Å²) in [5.41, 5.74) is 2.15. The van der Waals surface area contributed by atoms with Gasteiger partial charge in [-0.05, 0) is 51.8 Å². The van der Waals surface area contributed by atoms with Crippen LogP contribution in [-0.4, -0.2) is 33.8 Å². The van der Waals surface area contributed by atoms with Gasteiger partial charge in [-0.3, -0.25) is 5.10 Å². The van der Waals surface area contributed by atoms with Crippen molar-refractivity contribution in [3.63, 3.8) is 0 Å². The number of nitrogens with one attached hydrogen (secondary N) is 3. The lowest BCUT2D eigenvalue weighted by Gasteiger charge is -2.20. The van der Waals surface area contributed by atoms with E-state index < -0.39 is 0 Å². The maximum absolute atomic E-state index is 4.43. The third kappa shape index (κ3) is 3.42. The zero-order valence-corrected chi connectivity index (χ0v) is 12.7. The molecule has 2 unspecified atom stereocenters. The molecule has 2 heterocycles. The molecule has 1 aliphatic heterocycles. The van der Waals surface area contributed by atoms with Crippen LogP contribution in [0, 0.1) is 6.92 Å². The number of benzene rings is 1. The Balaban J connectivity index is 1.72. The minimum Gasteiger partial charge on any atom is -0.382 e. The summed E-state index contributed by atoms with van der Waals surface area (Å²) >= 11 is 0. The molecule has 0 amide bonds. The topological polar surface area (TPSA) is 65.6 Å². The highest BCUT2D eigenvalue weighted by Gasteiger charge is 2.18. The van der Waals surface area contributed by atoms with E-state index in [2.05, 4.69) is 44.9 Å². The largest absolute Gasteiger partial charge is 0.382 e. The molecule has 2 aromatic rings. The first-order chi connectivity index (χ1) is 10.2. The molecule has 0 saturated carbocycles. The van der Waals surface area contributed by atoms with Gasteiger partial charge in [0.05, 0.1) is 0 Å². The summed E-state index contributed by atoms with van der Waals surface area (Å²) in [4.78, 5) is 4.43. The fraction of sp³-hybridized carbons (Fsp3) is 0.500. The van der Waals surface area contributed by atoms with Crippen molar-refractivity contribution in [1.29, 1.82) is 0 Å². The molecule has 0 aliphatic carbocycles. The second-order valence-electron chi connectivity index (χ2n) is 5.86. The van der Waals surface area contributed by atoms with Crippen LogP contribution < -0.4 is 10.6 Å². The van der Waals surface area contributed by atoms with Crippen LogP contribution in [-0.2, 0) is 0 Å². The van der Waals surface area contributed by atoms with E-state index in [1.165, 1.54) is 12.8 Å². The summed E-state index contributed by atoms with van der Waals surface area (Å²) in [5, 5.41) is 14.3. The van der Waals surface area contributed by atoms with Crippen molar-refractivity contribution in [2.24, 2.45) is 0 Å². The van der Waals surface area contributed by atoms with Crippen LogP contribution >= 0.6 is 0 Å². The number of hydrogen-bond donors (Lipinski definition) is 3. The second-order valence-corrected chi connectivity index (χ2v) is 5.86. The van der Waals surface area contributed by atoms with Crippen LogP contribution in [0.25, 0.3) is 11.4 Å². The monoisotopic (exact) mass is 285 g/mol. The van der Waals surface area contributed by atoms with Crippen LogP contribution in [0.1, 0.15) is 32.0 Å². The number of rotatable bonds is 5. The molecular weight excluding hydrogens is 262 g/mol.